The Morgan fingerprint density at radius 2 is 1.97 bits per heavy atom. The van der Waals surface area contributed by atoms with Crippen LogP contribution in [0.15, 0.2) is 48.2 Å². The van der Waals surface area contributed by atoms with Gasteiger partial charge in [0, 0.05) is 22.5 Å². The Bertz CT molecular complexity index is 1100. The molecule has 3 N–H and O–H groups in total. The molecule has 2 aromatic carbocycles. The lowest BCUT2D eigenvalue weighted by molar-refractivity contribution is -0.110. The van der Waals surface area contributed by atoms with E-state index in [2.05, 4.69) is 31.3 Å². The number of carbonyl (C=O) groups excluding carboxylic acids is 2. The summed E-state index contributed by atoms with van der Waals surface area (Å²) in [6.07, 6.45) is 0. The molecule has 1 amide bonds. The normalized spacial score (nSPS) is 14.2. The number of carbonyl (C=O) groups is 2. The van der Waals surface area contributed by atoms with Crippen LogP contribution in [0.5, 0.6) is 0 Å². The van der Waals surface area contributed by atoms with E-state index in [1.54, 1.807) is 25.1 Å². The van der Waals surface area contributed by atoms with Gasteiger partial charge in [0.05, 0.1) is 23.4 Å². The Balaban J connectivity index is 1.59. The van der Waals surface area contributed by atoms with Crippen molar-refractivity contribution < 1.29 is 14.3 Å². The highest BCUT2D eigenvalue weighted by Gasteiger charge is 2.27. The fourth-order valence-electron chi connectivity index (χ4n) is 3.16. The second kappa shape index (κ2) is 7.55. The molecule has 0 spiro atoms. The standard InChI is InChI=1S/C20H18N6O3/c1-3-29-20(28)13-6-9-15-16(10-13)22-19(27)17(15)11(2)21-14-7-4-12(5-8-14)18-23-25-26-24-18/h4-10,21H,3H2,1-2H3,(H,22,27)(H,23,24,25,26). The van der Waals surface area contributed by atoms with Gasteiger partial charge in [0.15, 0.2) is 5.82 Å². The number of tetrazole rings is 1. The van der Waals surface area contributed by atoms with Gasteiger partial charge < -0.3 is 15.4 Å². The van der Waals surface area contributed by atoms with Crippen LogP contribution in [-0.2, 0) is 9.53 Å². The third kappa shape index (κ3) is 3.57. The minimum absolute atomic E-state index is 0.227. The van der Waals surface area contributed by atoms with E-state index in [1.807, 2.05) is 31.2 Å². The molecule has 1 aliphatic rings. The topological polar surface area (TPSA) is 122 Å². The van der Waals surface area contributed by atoms with Crippen molar-refractivity contribution in [2.45, 2.75) is 13.8 Å². The molecule has 0 unspecified atom stereocenters. The molecule has 0 radical (unpaired) electrons. The molecule has 0 saturated heterocycles. The maximum Gasteiger partial charge on any atom is 0.338 e. The van der Waals surface area contributed by atoms with E-state index in [0.717, 1.165) is 16.8 Å². The van der Waals surface area contributed by atoms with Crippen molar-refractivity contribution in [3.63, 3.8) is 0 Å². The van der Waals surface area contributed by atoms with E-state index in [-0.39, 0.29) is 5.91 Å². The first-order valence-corrected chi connectivity index (χ1v) is 9.01. The molecule has 0 bridgehead atoms. The third-order valence-electron chi connectivity index (χ3n) is 4.49. The zero-order valence-electron chi connectivity index (χ0n) is 15.8. The number of rotatable bonds is 5. The SMILES string of the molecule is CCOC(=O)c1ccc2c(c1)NC(=O)C2=C(C)Nc1ccc(-c2nnn[nH]2)cc1. The number of fused-ring (bicyclic) bond motifs is 1. The lowest BCUT2D eigenvalue weighted by Crippen LogP contribution is -2.08. The van der Waals surface area contributed by atoms with Gasteiger partial charge >= 0.3 is 5.97 Å². The van der Waals surface area contributed by atoms with Gasteiger partial charge in [0.1, 0.15) is 0 Å². The van der Waals surface area contributed by atoms with Gasteiger partial charge in [-0.15, -0.1) is 5.10 Å². The molecule has 0 saturated carbocycles. The number of nitrogens with zero attached hydrogens (tertiary/aromatic N) is 3. The number of H-pyrrole nitrogens is 1. The summed E-state index contributed by atoms with van der Waals surface area (Å²) in [5, 5.41) is 19.8. The van der Waals surface area contributed by atoms with E-state index < -0.39 is 5.97 Å². The molecule has 146 valence electrons. The van der Waals surface area contributed by atoms with E-state index in [9.17, 15) is 9.59 Å². The minimum Gasteiger partial charge on any atom is -0.462 e. The zero-order chi connectivity index (χ0) is 20.4. The van der Waals surface area contributed by atoms with Gasteiger partial charge in [-0.1, -0.05) is 6.07 Å². The molecule has 29 heavy (non-hydrogen) atoms. The number of anilines is 2. The number of ether oxygens (including phenoxy) is 1. The monoisotopic (exact) mass is 390 g/mol. The molecule has 0 aliphatic carbocycles. The van der Waals surface area contributed by atoms with Crippen LogP contribution in [0.3, 0.4) is 0 Å². The van der Waals surface area contributed by atoms with E-state index in [1.165, 1.54) is 0 Å². The first-order chi connectivity index (χ1) is 14.1. The van der Waals surface area contributed by atoms with Crippen LogP contribution >= 0.6 is 0 Å². The second-order valence-electron chi connectivity index (χ2n) is 6.39. The molecule has 3 aromatic rings. The molecule has 9 nitrogen and oxygen atoms in total. The van der Waals surface area contributed by atoms with Crippen molar-refractivity contribution in [1.29, 1.82) is 0 Å². The van der Waals surface area contributed by atoms with E-state index in [4.69, 9.17) is 4.74 Å². The van der Waals surface area contributed by atoms with Gasteiger partial charge in [-0.25, -0.2) is 9.89 Å². The first-order valence-electron chi connectivity index (χ1n) is 9.01. The maximum absolute atomic E-state index is 12.5. The fraction of sp³-hybridized carbons (Fsp3) is 0.150. The van der Waals surface area contributed by atoms with Crippen molar-refractivity contribution in [1.82, 2.24) is 20.6 Å². The number of nitrogens with one attached hydrogen (secondary N) is 3. The van der Waals surface area contributed by atoms with Gasteiger partial charge in [-0.05, 0) is 60.7 Å². The zero-order valence-corrected chi connectivity index (χ0v) is 15.8. The molecule has 0 atom stereocenters. The molecule has 1 aromatic heterocycles. The Kier molecular flexibility index (Phi) is 4.78. The highest BCUT2D eigenvalue weighted by molar-refractivity contribution is 6.32. The summed E-state index contributed by atoms with van der Waals surface area (Å²) in [5.41, 5.74) is 4.60. The highest BCUT2D eigenvalue weighted by Crippen LogP contribution is 2.35. The van der Waals surface area contributed by atoms with Crippen molar-refractivity contribution in [2.24, 2.45) is 0 Å². The van der Waals surface area contributed by atoms with Gasteiger partial charge in [0.2, 0.25) is 0 Å². The summed E-state index contributed by atoms with van der Waals surface area (Å²) < 4.78 is 5.01. The number of benzene rings is 2. The lowest BCUT2D eigenvalue weighted by Gasteiger charge is -2.10. The number of allylic oxidation sites excluding steroid dienone is 1. The highest BCUT2D eigenvalue weighted by atomic mass is 16.5. The number of amides is 1. The fourth-order valence-corrected chi connectivity index (χ4v) is 3.16. The summed E-state index contributed by atoms with van der Waals surface area (Å²) in [6, 6.07) is 12.5. The molecule has 1 aliphatic heterocycles. The molecular weight excluding hydrogens is 372 g/mol. The molecule has 0 fully saturated rings. The lowest BCUT2D eigenvalue weighted by atomic mass is 10.0. The van der Waals surface area contributed by atoms with Gasteiger partial charge in [-0.2, -0.15) is 0 Å². The summed E-state index contributed by atoms with van der Waals surface area (Å²) in [4.78, 5) is 24.4. The Morgan fingerprint density at radius 1 is 1.17 bits per heavy atom. The number of aromatic amines is 1. The van der Waals surface area contributed by atoms with Gasteiger partial charge in [-0.3, -0.25) is 4.79 Å². The summed E-state index contributed by atoms with van der Waals surface area (Å²) in [6.45, 7) is 3.87. The van der Waals surface area contributed by atoms with Crippen LogP contribution < -0.4 is 10.6 Å². The number of esters is 1. The van der Waals surface area contributed by atoms with Crippen molar-refractivity contribution in [3.8, 4) is 11.4 Å². The number of hydrogen-bond donors (Lipinski definition) is 3. The van der Waals surface area contributed by atoms with Crippen LogP contribution in [-0.4, -0.2) is 39.1 Å². The average molecular weight is 390 g/mol. The Hall–Kier alpha value is -4.01. The van der Waals surface area contributed by atoms with E-state index in [0.29, 0.717) is 35.0 Å². The van der Waals surface area contributed by atoms with Gasteiger partial charge in [0.25, 0.3) is 5.91 Å². The van der Waals surface area contributed by atoms with Crippen molar-refractivity contribution in [3.05, 3.63) is 59.3 Å². The van der Waals surface area contributed by atoms with Crippen LogP contribution in [0.2, 0.25) is 0 Å². The average Bonchev–Trinajstić information content (AvgIpc) is 3.35. The quantitative estimate of drug-likeness (QED) is 0.452. The smallest absolute Gasteiger partial charge is 0.338 e. The summed E-state index contributed by atoms with van der Waals surface area (Å²) in [7, 11) is 0. The minimum atomic E-state index is -0.418. The third-order valence-corrected chi connectivity index (χ3v) is 4.49. The predicted molar refractivity (Wildman–Crippen MR) is 107 cm³/mol. The Morgan fingerprint density at radius 3 is 2.66 bits per heavy atom. The van der Waals surface area contributed by atoms with Crippen LogP contribution in [0, 0.1) is 0 Å². The van der Waals surface area contributed by atoms with Crippen molar-refractivity contribution >= 4 is 28.8 Å². The number of hydrogen-bond acceptors (Lipinski definition) is 7. The summed E-state index contributed by atoms with van der Waals surface area (Å²) >= 11 is 0. The predicted octanol–water partition coefficient (Wildman–Crippen LogP) is 2.84. The molecule has 9 heteroatoms. The van der Waals surface area contributed by atoms with Crippen LogP contribution in [0.1, 0.15) is 29.8 Å². The van der Waals surface area contributed by atoms with Crippen molar-refractivity contribution in [2.75, 3.05) is 17.2 Å². The Labute approximate surface area is 166 Å². The van der Waals surface area contributed by atoms with Crippen LogP contribution in [0.25, 0.3) is 17.0 Å². The molecule has 2 heterocycles. The maximum atomic E-state index is 12.5. The second-order valence-corrected chi connectivity index (χ2v) is 6.39. The molecule has 4 rings (SSSR count). The largest absolute Gasteiger partial charge is 0.462 e. The van der Waals surface area contributed by atoms with Crippen LogP contribution in [0.4, 0.5) is 11.4 Å². The molecular formula is C20H18N6O3. The first kappa shape index (κ1) is 18.4. The summed E-state index contributed by atoms with van der Waals surface area (Å²) in [5.74, 6) is -0.0673. The van der Waals surface area contributed by atoms with E-state index >= 15 is 0 Å². The number of aromatic nitrogens is 4.